The lowest BCUT2D eigenvalue weighted by molar-refractivity contribution is -0.120. The Hall–Kier alpha value is -3.43. The van der Waals surface area contributed by atoms with Crippen molar-refractivity contribution < 1.29 is 23.5 Å². The number of rotatable bonds is 9. The molecule has 1 heterocycles. The third-order valence-corrected chi connectivity index (χ3v) is 4.86. The second kappa shape index (κ2) is 11.3. The predicted octanol–water partition coefficient (Wildman–Crippen LogP) is 3.49. The first kappa shape index (κ1) is 23.2. The zero-order valence-electron chi connectivity index (χ0n) is 17.3. The summed E-state index contributed by atoms with van der Waals surface area (Å²) >= 11 is 6.21. The number of benzene rings is 2. The summed E-state index contributed by atoms with van der Waals surface area (Å²) in [7, 11) is 1.54. The van der Waals surface area contributed by atoms with Gasteiger partial charge in [-0.05, 0) is 41.3 Å². The van der Waals surface area contributed by atoms with Crippen LogP contribution in [0.5, 0.6) is 5.75 Å². The molecule has 10 heteroatoms. The first-order valence-corrected chi connectivity index (χ1v) is 10.1. The molecule has 2 amide bonds. The first-order chi connectivity index (χ1) is 15.5. The topological polar surface area (TPSA) is 102 Å². The summed E-state index contributed by atoms with van der Waals surface area (Å²) in [4.78, 5) is 27.9. The van der Waals surface area contributed by atoms with Crippen LogP contribution in [0.15, 0.2) is 48.7 Å². The van der Waals surface area contributed by atoms with Gasteiger partial charge in [0.15, 0.2) is 0 Å². The fourth-order valence-corrected chi connectivity index (χ4v) is 3.15. The average molecular weight is 461 g/mol. The summed E-state index contributed by atoms with van der Waals surface area (Å²) in [5.41, 5.74) is 0.809. The molecule has 0 saturated carbocycles. The Morgan fingerprint density at radius 3 is 2.81 bits per heavy atom. The number of amides is 2. The van der Waals surface area contributed by atoms with Crippen LogP contribution in [0.3, 0.4) is 0 Å². The van der Waals surface area contributed by atoms with Crippen molar-refractivity contribution in [3.8, 4) is 5.75 Å². The van der Waals surface area contributed by atoms with Gasteiger partial charge < -0.3 is 20.1 Å². The molecule has 1 aromatic heterocycles. The molecular formula is C22H22ClFN4O4. The highest BCUT2D eigenvalue weighted by Gasteiger charge is 2.08. The number of hydrogen-bond donors (Lipinski definition) is 3. The minimum atomic E-state index is -0.728. The van der Waals surface area contributed by atoms with E-state index in [-0.39, 0.29) is 37.2 Å². The lowest BCUT2D eigenvalue weighted by atomic mass is 10.2. The van der Waals surface area contributed by atoms with Crippen LogP contribution in [-0.2, 0) is 16.1 Å². The van der Waals surface area contributed by atoms with E-state index in [1.54, 1.807) is 18.2 Å². The number of nitrogens with one attached hydrogen (secondary N) is 3. The summed E-state index contributed by atoms with van der Waals surface area (Å²) in [6.45, 7) is 0.577. The molecule has 0 bridgehead atoms. The molecule has 0 fully saturated rings. The molecular weight excluding hydrogens is 439 g/mol. The molecule has 3 aromatic rings. The van der Waals surface area contributed by atoms with Crippen molar-refractivity contribution in [1.82, 2.24) is 15.6 Å². The number of pyridine rings is 1. The van der Waals surface area contributed by atoms with E-state index in [1.807, 2.05) is 12.1 Å². The van der Waals surface area contributed by atoms with Gasteiger partial charge in [-0.1, -0.05) is 23.7 Å². The molecule has 3 rings (SSSR count). The predicted molar refractivity (Wildman–Crippen MR) is 119 cm³/mol. The Bertz CT molecular complexity index is 1110. The van der Waals surface area contributed by atoms with E-state index in [0.29, 0.717) is 22.7 Å². The number of halogens is 2. The summed E-state index contributed by atoms with van der Waals surface area (Å²) in [6, 6.07) is 11.2. The van der Waals surface area contributed by atoms with Gasteiger partial charge in [-0.15, -0.1) is 0 Å². The zero-order valence-corrected chi connectivity index (χ0v) is 18.0. The SMILES string of the molecule is COc1cccc(CNCC(=O)NCCOC(=O)Nc2cc3cc(F)ccc3cn2)c1Cl. The lowest BCUT2D eigenvalue weighted by Gasteiger charge is -2.10. The molecule has 2 aromatic carbocycles. The molecule has 0 saturated heterocycles. The van der Waals surface area contributed by atoms with Crippen LogP contribution >= 0.6 is 11.6 Å². The lowest BCUT2D eigenvalue weighted by Crippen LogP contribution is -2.36. The largest absolute Gasteiger partial charge is 0.495 e. The number of nitrogens with zero attached hydrogens (tertiary/aromatic N) is 1. The van der Waals surface area contributed by atoms with Crippen molar-refractivity contribution in [3.63, 3.8) is 0 Å². The van der Waals surface area contributed by atoms with Crippen LogP contribution in [0.1, 0.15) is 5.56 Å². The third kappa shape index (κ3) is 6.53. The Labute approximate surface area is 189 Å². The molecule has 0 aliphatic heterocycles. The van der Waals surface area contributed by atoms with Gasteiger partial charge in [-0.3, -0.25) is 10.1 Å². The maximum absolute atomic E-state index is 13.3. The smallest absolute Gasteiger partial charge is 0.412 e. The van der Waals surface area contributed by atoms with E-state index in [4.69, 9.17) is 21.1 Å². The molecule has 0 unspecified atom stereocenters. The van der Waals surface area contributed by atoms with Gasteiger partial charge in [0.2, 0.25) is 5.91 Å². The number of anilines is 1. The molecule has 168 valence electrons. The van der Waals surface area contributed by atoms with Crippen LogP contribution in [0.4, 0.5) is 15.0 Å². The summed E-state index contributed by atoms with van der Waals surface area (Å²) in [6.07, 6.45) is 0.796. The molecule has 0 spiro atoms. The van der Waals surface area contributed by atoms with Gasteiger partial charge >= 0.3 is 6.09 Å². The Balaban J connectivity index is 1.34. The van der Waals surface area contributed by atoms with Crippen LogP contribution in [0.2, 0.25) is 5.02 Å². The monoisotopic (exact) mass is 460 g/mol. The highest BCUT2D eigenvalue weighted by Crippen LogP contribution is 2.27. The van der Waals surface area contributed by atoms with Gasteiger partial charge in [0.05, 0.1) is 25.2 Å². The summed E-state index contributed by atoms with van der Waals surface area (Å²) in [5.74, 6) is 0.162. The van der Waals surface area contributed by atoms with Gasteiger partial charge in [0, 0.05) is 18.1 Å². The standard InChI is InChI=1S/C22H22ClFN4O4/c1-31-18-4-2-3-15(21(18)23)11-25-13-20(29)26-7-8-32-22(30)28-19-10-16-9-17(24)6-5-14(16)12-27-19/h2-6,9-10,12,25H,7-8,11,13H2,1H3,(H,26,29)(H,27,28,30). The van der Waals surface area contributed by atoms with E-state index >= 15 is 0 Å². The van der Waals surface area contributed by atoms with Gasteiger partial charge in [0.1, 0.15) is 24.0 Å². The van der Waals surface area contributed by atoms with Crippen molar-refractivity contribution >= 4 is 40.2 Å². The Morgan fingerprint density at radius 2 is 2.00 bits per heavy atom. The van der Waals surface area contributed by atoms with E-state index in [1.165, 1.54) is 25.4 Å². The molecule has 8 nitrogen and oxygen atoms in total. The van der Waals surface area contributed by atoms with Gasteiger partial charge in [-0.2, -0.15) is 0 Å². The summed E-state index contributed by atoms with van der Waals surface area (Å²) < 4.78 is 23.5. The highest BCUT2D eigenvalue weighted by molar-refractivity contribution is 6.32. The molecule has 0 atom stereocenters. The molecule has 0 aliphatic carbocycles. The normalized spacial score (nSPS) is 10.6. The molecule has 0 radical (unpaired) electrons. The highest BCUT2D eigenvalue weighted by atomic mass is 35.5. The van der Waals surface area contributed by atoms with Crippen LogP contribution in [0.25, 0.3) is 10.8 Å². The molecule has 32 heavy (non-hydrogen) atoms. The first-order valence-electron chi connectivity index (χ1n) is 9.74. The van der Waals surface area contributed by atoms with Crippen LogP contribution in [-0.4, -0.2) is 43.8 Å². The number of aromatic nitrogens is 1. The third-order valence-electron chi connectivity index (χ3n) is 4.44. The number of ether oxygens (including phenoxy) is 2. The molecule has 3 N–H and O–H groups in total. The van der Waals surface area contributed by atoms with Crippen molar-refractivity contribution in [2.24, 2.45) is 0 Å². The minimum Gasteiger partial charge on any atom is -0.495 e. The second-order valence-electron chi connectivity index (χ2n) is 6.71. The Morgan fingerprint density at radius 1 is 1.16 bits per heavy atom. The number of methoxy groups -OCH3 is 1. The van der Waals surface area contributed by atoms with Gasteiger partial charge in [-0.25, -0.2) is 14.2 Å². The number of carbonyl (C=O) groups excluding carboxylic acids is 2. The van der Waals surface area contributed by atoms with Crippen LogP contribution in [0, 0.1) is 5.82 Å². The zero-order chi connectivity index (χ0) is 22.9. The van der Waals surface area contributed by atoms with Crippen molar-refractivity contribution in [3.05, 3.63) is 65.1 Å². The van der Waals surface area contributed by atoms with Crippen molar-refractivity contribution in [2.45, 2.75) is 6.54 Å². The second-order valence-corrected chi connectivity index (χ2v) is 7.09. The Kier molecular flexibility index (Phi) is 8.18. The summed E-state index contributed by atoms with van der Waals surface area (Å²) in [5, 5.41) is 9.93. The van der Waals surface area contributed by atoms with Crippen LogP contribution < -0.4 is 20.7 Å². The number of hydrogen-bond acceptors (Lipinski definition) is 6. The van der Waals surface area contributed by atoms with E-state index in [2.05, 4.69) is 20.9 Å². The van der Waals surface area contributed by atoms with E-state index in [0.717, 1.165) is 10.9 Å². The number of fused-ring (bicyclic) bond motifs is 1. The quantitative estimate of drug-likeness (QED) is 0.422. The maximum atomic E-state index is 13.3. The maximum Gasteiger partial charge on any atom is 0.412 e. The fourth-order valence-electron chi connectivity index (χ4n) is 2.88. The van der Waals surface area contributed by atoms with E-state index < -0.39 is 6.09 Å². The van der Waals surface area contributed by atoms with E-state index in [9.17, 15) is 14.0 Å². The number of carbonyl (C=O) groups is 2. The minimum absolute atomic E-state index is 0.0263. The van der Waals surface area contributed by atoms with Crippen molar-refractivity contribution in [2.75, 3.05) is 32.1 Å². The fraction of sp³-hybridized carbons (Fsp3) is 0.227. The molecule has 0 aliphatic rings. The van der Waals surface area contributed by atoms with Crippen molar-refractivity contribution in [1.29, 1.82) is 0 Å². The van der Waals surface area contributed by atoms with Gasteiger partial charge in [0.25, 0.3) is 0 Å². The average Bonchev–Trinajstić information content (AvgIpc) is 2.77.